The van der Waals surface area contributed by atoms with Gasteiger partial charge in [0.25, 0.3) is 5.95 Å². The topological polar surface area (TPSA) is 125 Å². The molecule has 10 heteroatoms. The fourth-order valence-electron chi connectivity index (χ4n) is 1.59. The van der Waals surface area contributed by atoms with Crippen LogP contribution in [-0.2, 0) is 6.54 Å². The van der Waals surface area contributed by atoms with Crippen molar-refractivity contribution in [3.05, 3.63) is 31.4 Å². The van der Waals surface area contributed by atoms with E-state index in [1.54, 1.807) is 12.5 Å². The molecule has 3 aromatic rings. The van der Waals surface area contributed by atoms with E-state index in [2.05, 4.69) is 35.3 Å². The molecule has 0 amide bonds. The summed E-state index contributed by atoms with van der Waals surface area (Å²) < 4.78 is 3.36. The number of nitrogens with zero attached hydrogens (tertiary/aromatic N) is 8. The number of hydrogen-bond donors (Lipinski definition) is 2. The number of nitrogen functional groups attached to an aromatic ring is 1. The van der Waals surface area contributed by atoms with E-state index in [0.29, 0.717) is 18.4 Å². The van der Waals surface area contributed by atoms with E-state index < -0.39 is 0 Å². The second-order valence-electron chi connectivity index (χ2n) is 3.88. The molecular weight excluding hydrogens is 260 g/mol. The molecule has 10 nitrogen and oxygen atoms in total. The largest absolute Gasteiger partial charge is 0.368 e. The van der Waals surface area contributed by atoms with Crippen LogP contribution < -0.4 is 11.1 Å². The molecule has 0 radical (unpaired) electrons. The molecule has 0 saturated heterocycles. The van der Waals surface area contributed by atoms with Gasteiger partial charge in [0, 0.05) is 25.5 Å². The first-order valence-corrected chi connectivity index (χ1v) is 5.87. The Bertz CT molecular complexity index is 659. The predicted molar refractivity (Wildman–Crippen MR) is 69.9 cm³/mol. The third kappa shape index (κ3) is 2.68. The first-order valence-electron chi connectivity index (χ1n) is 5.87. The van der Waals surface area contributed by atoms with Crippen LogP contribution in [0.25, 0.3) is 5.95 Å². The van der Waals surface area contributed by atoms with Gasteiger partial charge < -0.3 is 15.6 Å². The van der Waals surface area contributed by atoms with Crippen LogP contribution in [0.4, 0.5) is 11.9 Å². The molecule has 0 spiro atoms. The van der Waals surface area contributed by atoms with Crippen molar-refractivity contribution in [2.24, 2.45) is 0 Å². The summed E-state index contributed by atoms with van der Waals surface area (Å²) in [4.78, 5) is 20.0. The second kappa shape index (κ2) is 5.30. The van der Waals surface area contributed by atoms with E-state index in [-0.39, 0.29) is 5.95 Å². The van der Waals surface area contributed by atoms with Crippen molar-refractivity contribution in [1.82, 2.24) is 39.3 Å². The molecule has 3 aromatic heterocycles. The van der Waals surface area contributed by atoms with Crippen LogP contribution in [0, 0.1) is 0 Å². The minimum Gasteiger partial charge on any atom is -0.368 e. The van der Waals surface area contributed by atoms with Gasteiger partial charge in [-0.05, 0) is 0 Å². The van der Waals surface area contributed by atoms with Gasteiger partial charge in [0.2, 0.25) is 11.9 Å². The summed E-state index contributed by atoms with van der Waals surface area (Å²) in [5.41, 5.74) is 5.65. The highest BCUT2D eigenvalue weighted by atomic mass is 15.4. The van der Waals surface area contributed by atoms with Gasteiger partial charge in [-0.15, -0.1) is 0 Å². The molecule has 3 N–H and O–H groups in total. The Kier molecular flexibility index (Phi) is 3.18. The fraction of sp³-hybridized carbons (Fsp3) is 0.200. The summed E-state index contributed by atoms with van der Waals surface area (Å²) in [6.45, 7) is 1.38. The molecule has 3 rings (SSSR count). The second-order valence-corrected chi connectivity index (χ2v) is 3.88. The Labute approximate surface area is 113 Å². The molecule has 0 aromatic carbocycles. The lowest BCUT2D eigenvalue weighted by Crippen LogP contribution is -2.14. The molecule has 20 heavy (non-hydrogen) atoms. The van der Waals surface area contributed by atoms with Crippen LogP contribution in [0.2, 0.25) is 0 Å². The number of imidazole rings is 1. The molecule has 0 bridgehead atoms. The lowest BCUT2D eigenvalue weighted by atomic mass is 10.6. The molecule has 0 unspecified atom stereocenters. The van der Waals surface area contributed by atoms with Gasteiger partial charge in [-0.25, -0.2) is 9.97 Å². The number of anilines is 2. The van der Waals surface area contributed by atoms with Gasteiger partial charge in [-0.2, -0.15) is 24.7 Å². The molecule has 0 aliphatic carbocycles. The summed E-state index contributed by atoms with van der Waals surface area (Å²) in [5.74, 6) is 0.832. The normalized spacial score (nSPS) is 10.6. The standard InChI is InChI=1S/C10H12N10/c11-8-16-9(14-2-4-19-3-1-12-6-19)18-10(17-8)20-7-13-5-15-20/h1,3,5-7H,2,4H2,(H3,11,14,16,17,18). The molecule has 3 heterocycles. The molecule has 0 aliphatic heterocycles. The van der Waals surface area contributed by atoms with Crippen molar-refractivity contribution >= 4 is 11.9 Å². The van der Waals surface area contributed by atoms with Crippen molar-refractivity contribution < 1.29 is 0 Å². The third-order valence-electron chi connectivity index (χ3n) is 2.48. The number of rotatable bonds is 5. The predicted octanol–water partition coefficient (Wildman–Crippen LogP) is -0.657. The highest BCUT2D eigenvalue weighted by Gasteiger charge is 2.06. The zero-order valence-corrected chi connectivity index (χ0v) is 10.5. The Balaban J connectivity index is 1.70. The van der Waals surface area contributed by atoms with Crippen molar-refractivity contribution in [2.45, 2.75) is 6.54 Å². The van der Waals surface area contributed by atoms with Crippen LogP contribution in [0.3, 0.4) is 0 Å². The van der Waals surface area contributed by atoms with E-state index in [9.17, 15) is 0 Å². The quantitative estimate of drug-likeness (QED) is 0.627. The maximum Gasteiger partial charge on any atom is 0.258 e. The number of aromatic nitrogens is 8. The van der Waals surface area contributed by atoms with Crippen molar-refractivity contribution in [3.63, 3.8) is 0 Å². The monoisotopic (exact) mass is 272 g/mol. The van der Waals surface area contributed by atoms with Gasteiger partial charge in [0.15, 0.2) is 0 Å². The Morgan fingerprint density at radius 2 is 2.10 bits per heavy atom. The van der Waals surface area contributed by atoms with E-state index in [1.165, 1.54) is 17.3 Å². The van der Waals surface area contributed by atoms with Crippen LogP contribution in [-0.4, -0.2) is 45.8 Å². The zero-order chi connectivity index (χ0) is 13.8. The molecular formula is C10H12N10. The molecule has 0 atom stereocenters. The fourth-order valence-corrected chi connectivity index (χ4v) is 1.59. The van der Waals surface area contributed by atoms with Gasteiger partial charge in [-0.1, -0.05) is 0 Å². The van der Waals surface area contributed by atoms with E-state index in [4.69, 9.17) is 5.73 Å². The lowest BCUT2D eigenvalue weighted by molar-refractivity contribution is 0.720. The highest BCUT2D eigenvalue weighted by molar-refractivity contribution is 5.34. The Morgan fingerprint density at radius 1 is 1.15 bits per heavy atom. The Morgan fingerprint density at radius 3 is 2.85 bits per heavy atom. The van der Waals surface area contributed by atoms with Crippen molar-refractivity contribution in [1.29, 1.82) is 0 Å². The average molecular weight is 272 g/mol. The molecule has 0 fully saturated rings. The van der Waals surface area contributed by atoms with Gasteiger partial charge in [-0.3, -0.25) is 0 Å². The molecule has 0 aliphatic rings. The van der Waals surface area contributed by atoms with Gasteiger partial charge in [0.05, 0.1) is 6.33 Å². The van der Waals surface area contributed by atoms with Gasteiger partial charge in [0.1, 0.15) is 12.7 Å². The number of nitrogens with one attached hydrogen (secondary N) is 1. The van der Waals surface area contributed by atoms with Crippen LogP contribution >= 0.6 is 0 Å². The lowest BCUT2D eigenvalue weighted by Gasteiger charge is -2.07. The minimum absolute atomic E-state index is 0.121. The van der Waals surface area contributed by atoms with E-state index in [0.717, 1.165) is 6.54 Å². The summed E-state index contributed by atoms with van der Waals surface area (Å²) >= 11 is 0. The molecule has 102 valence electrons. The summed E-state index contributed by atoms with van der Waals surface area (Å²) in [5, 5.41) is 7.02. The van der Waals surface area contributed by atoms with E-state index in [1.807, 2.05) is 10.8 Å². The Hall–Kier alpha value is -3.04. The smallest absolute Gasteiger partial charge is 0.258 e. The SMILES string of the molecule is Nc1nc(NCCn2ccnc2)nc(-n2cncn2)n1. The minimum atomic E-state index is 0.121. The van der Waals surface area contributed by atoms with Crippen molar-refractivity contribution in [3.8, 4) is 5.95 Å². The number of hydrogen-bond acceptors (Lipinski definition) is 8. The number of nitrogens with two attached hydrogens (primary N) is 1. The van der Waals surface area contributed by atoms with E-state index >= 15 is 0 Å². The van der Waals surface area contributed by atoms with Gasteiger partial charge >= 0.3 is 0 Å². The summed E-state index contributed by atoms with van der Waals surface area (Å²) in [6.07, 6.45) is 8.23. The average Bonchev–Trinajstić information content (AvgIpc) is 3.11. The zero-order valence-electron chi connectivity index (χ0n) is 10.5. The van der Waals surface area contributed by atoms with Crippen LogP contribution in [0.1, 0.15) is 0 Å². The summed E-state index contributed by atoms with van der Waals surface area (Å²) in [6, 6.07) is 0. The summed E-state index contributed by atoms with van der Waals surface area (Å²) in [7, 11) is 0. The maximum atomic E-state index is 5.65. The first kappa shape index (κ1) is 12.0. The van der Waals surface area contributed by atoms with Crippen LogP contribution in [0.15, 0.2) is 31.4 Å². The van der Waals surface area contributed by atoms with Crippen LogP contribution in [0.5, 0.6) is 0 Å². The maximum absolute atomic E-state index is 5.65. The third-order valence-corrected chi connectivity index (χ3v) is 2.48. The van der Waals surface area contributed by atoms with Crippen molar-refractivity contribution in [2.75, 3.05) is 17.6 Å². The highest BCUT2D eigenvalue weighted by Crippen LogP contribution is 2.05. The molecule has 0 saturated carbocycles. The first-order chi connectivity index (χ1) is 9.81.